The molecule has 0 saturated heterocycles. The zero-order valence-electron chi connectivity index (χ0n) is 11.6. The first-order valence-electron chi connectivity index (χ1n) is 6.66. The fraction of sp³-hybridized carbons (Fsp3) is 0.333. The topological polar surface area (TPSA) is 44.1 Å². The molecule has 0 N–H and O–H groups in total. The van der Waals surface area contributed by atoms with Crippen molar-refractivity contribution in [2.75, 3.05) is 6.61 Å². The standard InChI is InChI=1S/C15H17BrN2O2/c1-3-9-18-14(13(16)10-17-18)15(19)11-5-7-12(8-6-11)20-4-2/h5-8,10H,3-4,9H2,1-2H3. The fourth-order valence-electron chi connectivity index (χ4n) is 1.98. The van der Waals surface area contributed by atoms with Gasteiger partial charge in [-0.1, -0.05) is 6.92 Å². The molecular weight excluding hydrogens is 320 g/mol. The lowest BCUT2D eigenvalue weighted by Gasteiger charge is -2.07. The Balaban J connectivity index is 2.28. The molecule has 1 aromatic heterocycles. The molecule has 0 fully saturated rings. The average Bonchev–Trinajstić information content (AvgIpc) is 2.81. The normalized spacial score (nSPS) is 10.6. The zero-order chi connectivity index (χ0) is 14.5. The van der Waals surface area contributed by atoms with Crippen LogP contribution in [0.3, 0.4) is 0 Å². The van der Waals surface area contributed by atoms with Crippen molar-refractivity contribution >= 4 is 21.7 Å². The molecule has 0 unspecified atom stereocenters. The highest BCUT2D eigenvalue weighted by atomic mass is 79.9. The quantitative estimate of drug-likeness (QED) is 0.755. The van der Waals surface area contributed by atoms with E-state index in [0.29, 0.717) is 17.9 Å². The first-order valence-corrected chi connectivity index (χ1v) is 7.45. The van der Waals surface area contributed by atoms with Crippen LogP contribution in [0.2, 0.25) is 0 Å². The van der Waals surface area contributed by atoms with Crippen LogP contribution >= 0.6 is 15.9 Å². The largest absolute Gasteiger partial charge is 0.494 e. The minimum atomic E-state index is -0.0362. The Labute approximate surface area is 126 Å². The molecule has 0 saturated carbocycles. The SMILES string of the molecule is CCCn1ncc(Br)c1C(=O)c1ccc(OCC)cc1. The summed E-state index contributed by atoms with van der Waals surface area (Å²) < 4.78 is 7.84. The Morgan fingerprint density at radius 3 is 2.60 bits per heavy atom. The molecule has 0 aliphatic carbocycles. The second kappa shape index (κ2) is 6.70. The average molecular weight is 337 g/mol. The van der Waals surface area contributed by atoms with Crippen LogP contribution in [0.1, 0.15) is 36.3 Å². The monoisotopic (exact) mass is 336 g/mol. The van der Waals surface area contributed by atoms with Gasteiger partial charge in [0.1, 0.15) is 11.4 Å². The molecule has 0 amide bonds. The minimum Gasteiger partial charge on any atom is -0.494 e. The highest BCUT2D eigenvalue weighted by Crippen LogP contribution is 2.21. The zero-order valence-corrected chi connectivity index (χ0v) is 13.2. The van der Waals surface area contributed by atoms with E-state index in [-0.39, 0.29) is 5.78 Å². The molecule has 20 heavy (non-hydrogen) atoms. The van der Waals surface area contributed by atoms with Crippen LogP contribution in [0.25, 0.3) is 0 Å². The number of benzene rings is 1. The molecule has 0 atom stereocenters. The Morgan fingerprint density at radius 1 is 1.30 bits per heavy atom. The number of nitrogens with zero attached hydrogens (tertiary/aromatic N) is 2. The van der Waals surface area contributed by atoms with Gasteiger partial charge >= 0.3 is 0 Å². The van der Waals surface area contributed by atoms with Gasteiger partial charge in [-0.3, -0.25) is 9.48 Å². The summed E-state index contributed by atoms with van der Waals surface area (Å²) in [7, 11) is 0. The Bertz CT molecular complexity index is 590. The maximum Gasteiger partial charge on any atom is 0.212 e. The second-order valence-electron chi connectivity index (χ2n) is 4.35. The molecule has 0 aliphatic rings. The molecule has 0 bridgehead atoms. The first-order chi connectivity index (χ1) is 9.67. The molecule has 2 aromatic rings. The number of rotatable bonds is 6. The van der Waals surface area contributed by atoms with E-state index in [1.165, 1.54) is 0 Å². The minimum absolute atomic E-state index is 0.0362. The number of ketones is 1. The number of hydrogen-bond acceptors (Lipinski definition) is 3. The third kappa shape index (κ3) is 3.10. The van der Waals surface area contributed by atoms with Gasteiger partial charge in [0.05, 0.1) is 17.3 Å². The highest BCUT2D eigenvalue weighted by molar-refractivity contribution is 9.10. The summed E-state index contributed by atoms with van der Waals surface area (Å²) >= 11 is 3.40. The Kier molecular flexibility index (Phi) is 4.95. The van der Waals surface area contributed by atoms with Gasteiger partial charge in [-0.05, 0) is 53.5 Å². The third-order valence-electron chi connectivity index (χ3n) is 2.87. The first kappa shape index (κ1) is 14.8. The maximum atomic E-state index is 12.6. The van der Waals surface area contributed by atoms with Gasteiger partial charge in [0.15, 0.2) is 0 Å². The summed E-state index contributed by atoms with van der Waals surface area (Å²) in [5, 5.41) is 4.22. The lowest BCUT2D eigenvalue weighted by atomic mass is 10.1. The van der Waals surface area contributed by atoms with Gasteiger partial charge in [-0.2, -0.15) is 5.10 Å². The van der Waals surface area contributed by atoms with Gasteiger partial charge in [0.2, 0.25) is 5.78 Å². The molecule has 0 spiro atoms. The summed E-state index contributed by atoms with van der Waals surface area (Å²) in [5.74, 6) is 0.732. The number of halogens is 1. The van der Waals surface area contributed by atoms with Crippen molar-refractivity contribution in [1.29, 1.82) is 0 Å². The Hall–Kier alpha value is -1.62. The van der Waals surface area contributed by atoms with Crippen molar-refractivity contribution in [2.45, 2.75) is 26.8 Å². The van der Waals surface area contributed by atoms with E-state index < -0.39 is 0 Å². The van der Waals surface area contributed by atoms with E-state index in [2.05, 4.69) is 28.0 Å². The summed E-state index contributed by atoms with van der Waals surface area (Å²) in [4.78, 5) is 12.6. The van der Waals surface area contributed by atoms with Gasteiger partial charge in [0.25, 0.3) is 0 Å². The van der Waals surface area contributed by atoms with Crippen LogP contribution in [0.15, 0.2) is 34.9 Å². The molecule has 4 nitrogen and oxygen atoms in total. The molecule has 0 aliphatic heterocycles. The molecule has 1 aromatic carbocycles. The van der Waals surface area contributed by atoms with Crippen molar-refractivity contribution in [3.05, 3.63) is 46.2 Å². The number of aryl methyl sites for hydroxylation is 1. The molecule has 0 radical (unpaired) electrons. The fourth-order valence-corrected chi connectivity index (χ4v) is 2.45. The maximum absolute atomic E-state index is 12.6. The molecule has 2 rings (SSSR count). The smallest absolute Gasteiger partial charge is 0.212 e. The van der Waals surface area contributed by atoms with Crippen molar-refractivity contribution < 1.29 is 9.53 Å². The van der Waals surface area contributed by atoms with Crippen LogP contribution < -0.4 is 4.74 Å². The third-order valence-corrected chi connectivity index (χ3v) is 3.45. The van der Waals surface area contributed by atoms with Crippen molar-refractivity contribution in [1.82, 2.24) is 9.78 Å². The van der Waals surface area contributed by atoms with E-state index in [1.807, 2.05) is 19.1 Å². The number of aromatic nitrogens is 2. The van der Waals surface area contributed by atoms with Crippen LogP contribution in [-0.2, 0) is 6.54 Å². The lowest BCUT2D eigenvalue weighted by Crippen LogP contribution is -2.12. The summed E-state index contributed by atoms with van der Waals surface area (Å²) in [6.45, 7) is 5.33. The van der Waals surface area contributed by atoms with Crippen molar-refractivity contribution in [2.24, 2.45) is 0 Å². The van der Waals surface area contributed by atoms with Gasteiger partial charge in [-0.25, -0.2) is 0 Å². The lowest BCUT2D eigenvalue weighted by molar-refractivity contribution is 0.102. The predicted octanol–water partition coefficient (Wildman–Crippen LogP) is 3.69. The van der Waals surface area contributed by atoms with Gasteiger partial charge < -0.3 is 4.74 Å². The van der Waals surface area contributed by atoms with E-state index in [9.17, 15) is 4.79 Å². The van der Waals surface area contributed by atoms with Gasteiger partial charge in [-0.15, -0.1) is 0 Å². The van der Waals surface area contributed by atoms with Crippen LogP contribution in [-0.4, -0.2) is 22.2 Å². The van der Waals surface area contributed by atoms with E-state index in [0.717, 1.165) is 23.2 Å². The number of ether oxygens (including phenoxy) is 1. The molecular formula is C15H17BrN2O2. The van der Waals surface area contributed by atoms with Crippen LogP contribution in [0, 0.1) is 0 Å². The number of carbonyl (C=O) groups excluding carboxylic acids is 1. The summed E-state index contributed by atoms with van der Waals surface area (Å²) in [6.07, 6.45) is 2.59. The summed E-state index contributed by atoms with van der Waals surface area (Å²) in [5.41, 5.74) is 1.23. The molecule has 5 heteroatoms. The van der Waals surface area contributed by atoms with E-state index >= 15 is 0 Å². The highest BCUT2D eigenvalue weighted by Gasteiger charge is 2.18. The second-order valence-corrected chi connectivity index (χ2v) is 5.21. The van der Waals surface area contributed by atoms with Gasteiger partial charge in [0, 0.05) is 12.1 Å². The molecule has 1 heterocycles. The van der Waals surface area contributed by atoms with E-state index in [1.54, 1.807) is 23.0 Å². The van der Waals surface area contributed by atoms with Crippen LogP contribution in [0.4, 0.5) is 0 Å². The van der Waals surface area contributed by atoms with Crippen LogP contribution in [0.5, 0.6) is 5.75 Å². The van der Waals surface area contributed by atoms with Crippen molar-refractivity contribution in [3.8, 4) is 5.75 Å². The number of carbonyl (C=O) groups is 1. The predicted molar refractivity (Wildman–Crippen MR) is 81.3 cm³/mol. The van der Waals surface area contributed by atoms with Crippen molar-refractivity contribution in [3.63, 3.8) is 0 Å². The summed E-state index contributed by atoms with van der Waals surface area (Å²) in [6, 6.07) is 7.18. The number of hydrogen-bond donors (Lipinski definition) is 0. The van der Waals surface area contributed by atoms with E-state index in [4.69, 9.17) is 4.74 Å². The molecule has 106 valence electrons. The Morgan fingerprint density at radius 2 is 2.00 bits per heavy atom.